The third kappa shape index (κ3) is 3.89. The summed E-state index contributed by atoms with van der Waals surface area (Å²) in [6.07, 6.45) is 1.16. The number of aryl methyl sites for hydroxylation is 1. The first kappa shape index (κ1) is 11.4. The zero-order chi connectivity index (χ0) is 11.1. The molecule has 0 aliphatic carbocycles. The lowest BCUT2D eigenvalue weighted by Crippen LogP contribution is -2.01. The number of rotatable bonds is 5. The molecule has 0 unspecified atom stereocenters. The molecule has 1 rings (SSSR count). The molecule has 0 spiro atoms. The molecule has 4 heteroatoms. The van der Waals surface area contributed by atoms with Crippen LogP contribution in [0.3, 0.4) is 0 Å². The molecule has 0 aliphatic heterocycles. The van der Waals surface area contributed by atoms with Crippen LogP contribution in [-0.4, -0.2) is 23.6 Å². The van der Waals surface area contributed by atoms with Gasteiger partial charge in [0.1, 0.15) is 18.6 Å². The summed E-state index contributed by atoms with van der Waals surface area (Å²) in [4.78, 5) is 19.3. The predicted octanol–water partition coefficient (Wildman–Crippen LogP) is 1.72. The van der Waals surface area contributed by atoms with E-state index in [0.29, 0.717) is 18.7 Å². The van der Waals surface area contributed by atoms with Gasteiger partial charge in [0.05, 0.1) is 5.69 Å². The van der Waals surface area contributed by atoms with E-state index in [0.717, 1.165) is 17.7 Å². The van der Waals surface area contributed by atoms with Crippen LogP contribution in [0, 0.1) is 6.92 Å². The van der Waals surface area contributed by atoms with Gasteiger partial charge in [-0.15, -0.1) is 0 Å². The minimum Gasteiger partial charge on any atom is -0.395 e. The number of pyridine rings is 1. The fourth-order valence-corrected chi connectivity index (χ4v) is 1.03. The number of aldehydes is 1. The van der Waals surface area contributed by atoms with E-state index in [9.17, 15) is 4.79 Å². The summed E-state index contributed by atoms with van der Waals surface area (Å²) >= 11 is 0. The largest absolute Gasteiger partial charge is 0.395 e. The van der Waals surface area contributed by atoms with Crippen molar-refractivity contribution >= 4 is 12.0 Å². The zero-order valence-electron chi connectivity index (χ0n) is 8.93. The predicted molar refractivity (Wildman–Crippen MR) is 57.8 cm³/mol. The quantitative estimate of drug-likeness (QED) is 0.319. The topological polar surface area (TPSA) is 51.5 Å². The van der Waals surface area contributed by atoms with Crippen LogP contribution in [0.15, 0.2) is 23.4 Å². The molecular weight excluding hydrogens is 192 g/mol. The van der Waals surface area contributed by atoms with Crippen molar-refractivity contribution in [3.05, 3.63) is 29.6 Å². The van der Waals surface area contributed by atoms with E-state index in [2.05, 4.69) is 10.1 Å². The van der Waals surface area contributed by atoms with Gasteiger partial charge in [0.25, 0.3) is 0 Å². The molecule has 1 aromatic heterocycles. The molecule has 4 nitrogen and oxygen atoms in total. The molecule has 0 fully saturated rings. The van der Waals surface area contributed by atoms with Crippen molar-refractivity contribution in [3.63, 3.8) is 0 Å². The van der Waals surface area contributed by atoms with Crippen LogP contribution in [-0.2, 0) is 9.63 Å². The van der Waals surface area contributed by atoms with E-state index in [1.54, 1.807) is 0 Å². The van der Waals surface area contributed by atoms with Crippen molar-refractivity contribution in [2.24, 2.45) is 5.16 Å². The van der Waals surface area contributed by atoms with Crippen molar-refractivity contribution in [1.82, 2.24) is 4.98 Å². The highest BCUT2D eigenvalue weighted by molar-refractivity contribution is 5.96. The normalized spacial score (nSPS) is 11.2. The summed E-state index contributed by atoms with van der Waals surface area (Å²) in [5.74, 6) is 0. The molecule has 0 atom stereocenters. The van der Waals surface area contributed by atoms with Crippen LogP contribution in [0.4, 0.5) is 0 Å². The maximum absolute atomic E-state index is 10.0. The van der Waals surface area contributed by atoms with Crippen molar-refractivity contribution in [1.29, 1.82) is 0 Å². The first-order valence-electron chi connectivity index (χ1n) is 4.78. The van der Waals surface area contributed by atoms with Crippen LogP contribution in [0.1, 0.15) is 24.7 Å². The molecule has 0 aliphatic rings. The second-order valence-electron chi connectivity index (χ2n) is 3.13. The van der Waals surface area contributed by atoms with E-state index < -0.39 is 0 Å². The van der Waals surface area contributed by atoms with Gasteiger partial charge >= 0.3 is 0 Å². The average molecular weight is 206 g/mol. The third-order valence-corrected chi connectivity index (χ3v) is 1.79. The highest BCUT2D eigenvalue weighted by atomic mass is 16.6. The van der Waals surface area contributed by atoms with Gasteiger partial charge in [-0.1, -0.05) is 11.2 Å². The minimum absolute atomic E-state index is 0.312. The highest BCUT2D eigenvalue weighted by Gasteiger charge is 1.99. The number of carbonyl (C=O) groups is 1. The smallest absolute Gasteiger partial charge is 0.123 e. The SMILES string of the molecule is C/C(=N/OCCC=O)c1cccc(C)n1. The van der Waals surface area contributed by atoms with Gasteiger partial charge in [-0.2, -0.15) is 0 Å². The number of hydrogen-bond donors (Lipinski definition) is 0. The molecule has 1 aromatic rings. The Labute approximate surface area is 89.0 Å². The second-order valence-corrected chi connectivity index (χ2v) is 3.13. The van der Waals surface area contributed by atoms with Gasteiger partial charge < -0.3 is 9.63 Å². The molecule has 0 N–H and O–H groups in total. The Bertz CT molecular complexity index is 361. The number of carbonyl (C=O) groups excluding carboxylic acids is 1. The monoisotopic (exact) mass is 206 g/mol. The van der Waals surface area contributed by atoms with Crippen LogP contribution in [0.5, 0.6) is 0 Å². The van der Waals surface area contributed by atoms with E-state index in [4.69, 9.17) is 4.84 Å². The van der Waals surface area contributed by atoms with Gasteiger partial charge in [-0.3, -0.25) is 4.98 Å². The Kier molecular flexibility index (Phi) is 4.47. The molecule has 80 valence electrons. The molecular formula is C11H14N2O2. The van der Waals surface area contributed by atoms with Crippen molar-refractivity contribution in [3.8, 4) is 0 Å². The van der Waals surface area contributed by atoms with Crippen molar-refractivity contribution in [2.75, 3.05) is 6.61 Å². The molecule has 0 aromatic carbocycles. The fraction of sp³-hybridized carbons (Fsp3) is 0.364. The summed E-state index contributed by atoms with van der Waals surface area (Å²) in [6, 6.07) is 5.71. The minimum atomic E-state index is 0.312. The van der Waals surface area contributed by atoms with E-state index in [1.165, 1.54) is 0 Å². The summed E-state index contributed by atoms with van der Waals surface area (Å²) in [6.45, 7) is 4.05. The third-order valence-electron chi connectivity index (χ3n) is 1.79. The molecule has 0 amide bonds. The van der Waals surface area contributed by atoms with E-state index >= 15 is 0 Å². The molecule has 1 heterocycles. The molecule has 0 saturated heterocycles. The first-order valence-corrected chi connectivity index (χ1v) is 4.78. The second kappa shape index (κ2) is 5.90. The first-order chi connectivity index (χ1) is 7.24. The number of aromatic nitrogens is 1. The zero-order valence-corrected chi connectivity index (χ0v) is 8.93. The van der Waals surface area contributed by atoms with E-state index in [-0.39, 0.29) is 0 Å². The molecule has 0 saturated carbocycles. The molecule has 0 radical (unpaired) electrons. The number of oxime groups is 1. The standard InChI is InChI=1S/C11H14N2O2/c1-9-5-3-6-11(12-9)10(2)13-15-8-4-7-14/h3,5-7H,4,8H2,1-2H3/b13-10-. The summed E-state index contributed by atoms with van der Waals surface area (Å²) < 4.78 is 0. The summed E-state index contributed by atoms with van der Waals surface area (Å²) in [5.41, 5.74) is 2.45. The van der Waals surface area contributed by atoms with Crippen LogP contribution >= 0.6 is 0 Å². The maximum atomic E-state index is 10.0. The van der Waals surface area contributed by atoms with Crippen LogP contribution < -0.4 is 0 Å². The van der Waals surface area contributed by atoms with Crippen molar-refractivity contribution in [2.45, 2.75) is 20.3 Å². The van der Waals surface area contributed by atoms with Gasteiger partial charge in [0.15, 0.2) is 0 Å². The highest BCUT2D eigenvalue weighted by Crippen LogP contribution is 2.00. The van der Waals surface area contributed by atoms with Gasteiger partial charge in [0.2, 0.25) is 0 Å². The maximum Gasteiger partial charge on any atom is 0.123 e. The Morgan fingerprint density at radius 1 is 1.60 bits per heavy atom. The summed E-state index contributed by atoms with van der Waals surface area (Å²) in [5, 5.41) is 3.87. The Balaban J connectivity index is 2.59. The van der Waals surface area contributed by atoms with Crippen molar-refractivity contribution < 1.29 is 9.63 Å². The van der Waals surface area contributed by atoms with Gasteiger partial charge in [-0.25, -0.2) is 0 Å². The van der Waals surface area contributed by atoms with Crippen LogP contribution in [0.25, 0.3) is 0 Å². The Morgan fingerprint density at radius 2 is 2.40 bits per heavy atom. The van der Waals surface area contributed by atoms with Crippen LogP contribution in [0.2, 0.25) is 0 Å². The van der Waals surface area contributed by atoms with Gasteiger partial charge in [0, 0.05) is 12.1 Å². The lowest BCUT2D eigenvalue weighted by atomic mass is 10.2. The van der Waals surface area contributed by atoms with Gasteiger partial charge in [-0.05, 0) is 26.0 Å². The number of nitrogens with zero attached hydrogens (tertiary/aromatic N) is 2. The van der Waals surface area contributed by atoms with E-state index in [1.807, 2.05) is 32.0 Å². The Hall–Kier alpha value is -1.71. The molecule has 0 bridgehead atoms. The fourth-order valence-electron chi connectivity index (χ4n) is 1.03. The number of hydrogen-bond acceptors (Lipinski definition) is 4. The summed E-state index contributed by atoms with van der Waals surface area (Å²) in [7, 11) is 0. The lowest BCUT2D eigenvalue weighted by Gasteiger charge is -2.01. The Morgan fingerprint density at radius 3 is 3.07 bits per heavy atom. The lowest BCUT2D eigenvalue weighted by molar-refractivity contribution is -0.108. The molecule has 15 heavy (non-hydrogen) atoms. The average Bonchev–Trinajstić information content (AvgIpc) is 2.24.